The highest BCUT2D eigenvalue weighted by molar-refractivity contribution is 9.10. The minimum Gasteiger partial charge on any atom is -0.478 e. The van der Waals surface area contributed by atoms with Crippen molar-refractivity contribution >= 4 is 27.9 Å². The predicted molar refractivity (Wildman–Crippen MR) is 78.5 cm³/mol. The van der Waals surface area contributed by atoms with E-state index in [1.165, 1.54) is 6.20 Å². The second-order valence-electron chi connectivity index (χ2n) is 4.68. The maximum atomic E-state index is 11.6. The number of pyridine rings is 1. The third-order valence-corrected chi connectivity index (χ3v) is 3.71. The van der Waals surface area contributed by atoms with Gasteiger partial charge in [-0.1, -0.05) is 0 Å². The van der Waals surface area contributed by atoms with E-state index in [4.69, 9.17) is 0 Å². The van der Waals surface area contributed by atoms with E-state index in [-0.39, 0.29) is 11.1 Å². The predicted octanol–water partition coefficient (Wildman–Crippen LogP) is 2.25. The third-order valence-electron chi connectivity index (χ3n) is 3.28. The number of hydrogen-bond donors (Lipinski definition) is 3. The van der Waals surface area contributed by atoms with E-state index < -0.39 is 17.9 Å². The van der Waals surface area contributed by atoms with Gasteiger partial charge in [0.05, 0.1) is 17.1 Å². The molecule has 3 N–H and O–H groups in total. The van der Waals surface area contributed by atoms with Crippen LogP contribution in [0.4, 0.5) is 0 Å². The Bertz CT molecular complexity index is 658. The molecule has 0 radical (unpaired) electrons. The lowest BCUT2D eigenvalue weighted by Gasteiger charge is -2.28. The first-order valence-corrected chi connectivity index (χ1v) is 6.87. The van der Waals surface area contributed by atoms with E-state index in [0.717, 1.165) is 0 Å². The van der Waals surface area contributed by atoms with Crippen LogP contribution < -0.4 is 5.32 Å². The zero-order chi connectivity index (χ0) is 15.7. The highest BCUT2D eigenvalue weighted by Crippen LogP contribution is 2.38. The second-order valence-corrected chi connectivity index (χ2v) is 5.60. The maximum absolute atomic E-state index is 11.6. The molecule has 0 aliphatic carbocycles. The number of aliphatic carboxylic acids is 2. The topological polar surface area (TPSA) is 99.5 Å². The van der Waals surface area contributed by atoms with Gasteiger partial charge in [-0.25, -0.2) is 9.59 Å². The Morgan fingerprint density at radius 2 is 1.67 bits per heavy atom. The maximum Gasteiger partial charge on any atom is 0.334 e. The van der Waals surface area contributed by atoms with E-state index in [1.54, 1.807) is 26.1 Å². The molecule has 0 saturated carbocycles. The van der Waals surface area contributed by atoms with Crippen molar-refractivity contribution in [3.05, 3.63) is 51.0 Å². The molecule has 0 bridgehead atoms. The lowest BCUT2D eigenvalue weighted by molar-refractivity contribution is -0.133. The Morgan fingerprint density at radius 1 is 1.14 bits per heavy atom. The average Bonchev–Trinajstić information content (AvgIpc) is 2.36. The first-order chi connectivity index (χ1) is 9.82. The summed E-state index contributed by atoms with van der Waals surface area (Å²) in [7, 11) is 0. The molecule has 2 heterocycles. The molecule has 0 unspecified atom stereocenters. The number of nitrogens with one attached hydrogen (secondary N) is 1. The molecule has 1 aliphatic rings. The van der Waals surface area contributed by atoms with E-state index in [0.29, 0.717) is 21.4 Å². The fourth-order valence-corrected chi connectivity index (χ4v) is 2.86. The number of rotatable bonds is 3. The number of carbonyl (C=O) groups is 2. The largest absolute Gasteiger partial charge is 0.478 e. The number of halogens is 1. The van der Waals surface area contributed by atoms with E-state index in [9.17, 15) is 19.8 Å². The van der Waals surface area contributed by atoms with Crippen LogP contribution in [0.5, 0.6) is 0 Å². The van der Waals surface area contributed by atoms with Gasteiger partial charge in [-0.3, -0.25) is 4.98 Å². The van der Waals surface area contributed by atoms with Crippen LogP contribution in [0, 0.1) is 0 Å². The number of carboxylic acid groups (broad SMARTS) is 2. The van der Waals surface area contributed by atoms with Crippen LogP contribution in [0.3, 0.4) is 0 Å². The average molecular weight is 353 g/mol. The first kappa shape index (κ1) is 15.2. The summed E-state index contributed by atoms with van der Waals surface area (Å²) in [6, 6.07) is 1.68. The number of hydrogen-bond acceptors (Lipinski definition) is 4. The lowest BCUT2D eigenvalue weighted by atomic mass is 9.81. The van der Waals surface area contributed by atoms with Crippen molar-refractivity contribution in [2.24, 2.45) is 0 Å². The summed E-state index contributed by atoms with van der Waals surface area (Å²) < 4.78 is 0.656. The van der Waals surface area contributed by atoms with Crippen molar-refractivity contribution in [3.8, 4) is 0 Å². The third kappa shape index (κ3) is 2.82. The highest BCUT2D eigenvalue weighted by Gasteiger charge is 2.36. The van der Waals surface area contributed by atoms with Gasteiger partial charge in [0.1, 0.15) is 0 Å². The van der Waals surface area contributed by atoms with Gasteiger partial charge in [-0.15, -0.1) is 0 Å². The van der Waals surface area contributed by atoms with Crippen LogP contribution in [-0.2, 0) is 9.59 Å². The van der Waals surface area contributed by atoms with Crippen molar-refractivity contribution in [1.29, 1.82) is 0 Å². The van der Waals surface area contributed by atoms with Crippen LogP contribution in [0.2, 0.25) is 0 Å². The summed E-state index contributed by atoms with van der Waals surface area (Å²) in [4.78, 5) is 27.1. The van der Waals surface area contributed by atoms with Crippen molar-refractivity contribution in [1.82, 2.24) is 10.3 Å². The van der Waals surface area contributed by atoms with Gasteiger partial charge in [-0.2, -0.15) is 0 Å². The van der Waals surface area contributed by atoms with Gasteiger partial charge < -0.3 is 15.5 Å². The van der Waals surface area contributed by atoms with E-state index >= 15 is 0 Å². The van der Waals surface area contributed by atoms with Crippen LogP contribution in [-0.4, -0.2) is 27.1 Å². The zero-order valence-corrected chi connectivity index (χ0v) is 12.9. The van der Waals surface area contributed by atoms with Crippen molar-refractivity contribution < 1.29 is 19.8 Å². The molecule has 2 rings (SSSR count). The Kier molecular flexibility index (Phi) is 4.13. The summed E-state index contributed by atoms with van der Waals surface area (Å²) in [5.41, 5.74) is 1.39. The minimum absolute atomic E-state index is 0.0119. The molecule has 0 saturated heterocycles. The molecule has 21 heavy (non-hydrogen) atoms. The van der Waals surface area contributed by atoms with Crippen LogP contribution in [0.25, 0.3) is 0 Å². The normalized spacial score (nSPS) is 16.0. The second kappa shape index (κ2) is 5.69. The molecule has 0 atom stereocenters. The summed E-state index contributed by atoms with van der Waals surface area (Å²) in [6.45, 7) is 3.23. The Balaban J connectivity index is 2.70. The molecule has 1 aromatic rings. The Labute approximate surface area is 129 Å². The van der Waals surface area contributed by atoms with Gasteiger partial charge >= 0.3 is 11.9 Å². The quantitative estimate of drug-likeness (QED) is 0.771. The summed E-state index contributed by atoms with van der Waals surface area (Å²) >= 11 is 3.27. The molecule has 0 amide bonds. The zero-order valence-electron chi connectivity index (χ0n) is 11.3. The fourth-order valence-electron chi connectivity index (χ4n) is 2.48. The standard InChI is InChI=1S/C14H13BrN2O4/c1-6-10(13(18)19)12(8-3-9(15)5-16-4-8)11(14(20)21)7(2)17-6/h3-5,12,17H,1-2H3,(H,18,19)(H,20,21). The summed E-state index contributed by atoms with van der Waals surface area (Å²) in [6.07, 6.45) is 3.03. The van der Waals surface area contributed by atoms with Gasteiger partial charge in [-0.05, 0) is 41.4 Å². The smallest absolute Gasteiger partial charge is 0.334 e. The number of dihydropyridines is 1. The van der Waals surface area contributed by atoms with E-state index in [1.807, 2.05) is 0 Å². The minimum atomic E-state index is -1.16. The molecule has 1 aliphatic heterocycles. The van der Waals surface area contributed by atoms with Crippen LogP contribution in [0.1, 0.15) is 25.3 Å². The molecule has 0 spiro atoms. The number of aromatic nitrogens is 1. The number of allylic oxidation sites excluding steroid dienone is 2. The van der Waals surface area contributed by atoms with Crippen molar-refractivity contribution in [3.63, 3.8) is 0 Å². The summed E-state index contributed by atoms with van der Waals surface area (Å²) in [5.74, 6) is -3.18. The molecule has 110 valence electrons. The van der Waals surface area contributed by atoms with Crippen molar-refractivity contribution in [2.45, 2.75) is 19.8 Å². The monoisotopic (exact) mass is 352 g/mol. The molecule has 0 aromatic carbocycles. The molecular formula is C14H13BrN2O4. The number of nitrogens with zero attached hydrogens (tertiary/aromatic N) is 1. The van der Waals surface area contributed by atoms with Crippen LogP contribution in [0.15, 0.2) is 45.5 Å². The molecule has 1 aromatic heterocycles. The van der Waals surface area contributed by atoms with Crippen LogP contribution >= 0.6 is 15.9 Å². The Hall–Kier alpha value is -2.15. The summed E-state index contributed by atoms with van der Waals surface area (Å²) in [5, 5.41) is 21.7. The van der Waals surface area contributed by atoms with E-state index in [2.05, 4.69) is 26.2 Å². The first-order valence-electron chi connectivity index (χ1n) is 6.08. The van der Waals surface area contributed by atoms with Crippen molar-refractivity contribution in [2.75, 3.05) is 0 Å². The number of carboxylic acids is 2. The lowest BCUT2D eigenvalue weighted by Crippen LogP contribution is -2.31. The molecule has 0 fully saturated rings. The van der Waals surface area contributed by atoms with Gasteiger partial charge in [0, 0.05) is 28.3 Å². The van der Waals surface area contributed by atoms with Gasteiger partial charge in [0.15, 0.2) is 0 Å². The highest BCUT2D eigenvalue weighted by atomic mass is 79.9. The molecule has 6 nitrogen and oxygen atoms in total. The molecule has 7 heteroatoms. The SMILES string of the molecule is CC1=C(C(=O)O)C(c2cncc(Br)c2)C(C(=O)O)=C(C)N1. The van der Waals surface area contributed by atoms with Gasteiger partial charge in [0.25, 0.3) is 0 Å². The van der Waals surface area contributed by atoms with Gasteiger partial charge in [0.2, 0.25) is 0 Å². The molecular weight excluding hydrogens is 340 g/mol. The fraction of sp³-hybridized carbons (Fsp3) is 0.214. The Morgan fingerprint density at radius 3 is 2.10 bits per heavy atom.